The quantitative estimate of drug-likeness (QED) is 0.897. The third-order valence-electron chi connectivity index (χ3n) is 4.89. The van der Waals surface area contributed by atoms with Gasteiger partial charge in [0.15, 0.2) is 0 Å². The van der Waals surface area contributed by atoms with E-state index in [1.807, 2.05) is 0 Å². The molecule has 1 aromatic carbocycles. The number of hydrogen-bond donors (Lipinski definition) is 1. The Bertz CT molecular complexity index is 542. The van der Waals surface area contributed by atoms with Crippen molar-refractivity contribution in [1.82, 2.24) is 5.32 Å². The summed E-state index contributed by atoms with van der Waals surface area (Å²) in [5, 5.41) is 13.1. The number of nitrogens with zero attached hydrogens (tertiary/aromatic N) is 2. The minimum absolute atomic E-state index is 0.539. The van der Waals surface area contributed by atoms with E-state index in [1.54, 1.807) is 0 Å². The summed E-state index contributed by atoms with van der Waals surface area (Å²) >= 11 is 0. The van der Waals surface area contributed by atoms with Crippen LogP contribution in [-0.4, -0.2) is 18.1 Å². The van der Waals surface area contributed by atoms with E-state index in [1.165, 1.54) is 31.2 Å². The lowest BCUT2D eigenvalue weighted by atomic mass is 10.1. The topological polar surface area (TPSA) is 39.1 Å². The largest absolute Gasteiger partial charge is 0.365 e. The monoisotopic (exact) mass is 283 g/mol. The maximum Gasteiger partial charge on any atom is 0.101 e. The maximum atomic E-state index is 9.54. The first-order chi connectivity index (χ1) is 10.2. The number of anilines is 1. The lowest BCUT2D eigenvalue weighted by Crippen LogP contribution is -2.34. The molecule has 0 amide bonds. The highest BCUT2D eigenvalue weighted by Crippen LogP contribution is 2.34. The lowest BCUT2D eigenvalue weighted by Gasteiger charge is -2.31. The molecule has 3 heteroatoms. The van der Waals surface area contributed by atoms with Crippen LogP contribution in [0, 0.1) is 11.3 Å². The van der Waals surface area contributed by atoms with Gasteiger partial charge in [0.1, 0.15) is 6.07 Å². The average molecular weight is 283 g/mol. The van der Waals surface area contributed by atoms with E-state index in [2.05, 4.69) is 48.3 Å². The van der Waals surface area contributed by atoms with Crippen molar-refractivity contribution in [3.8, 4) is 6.07 Å². The smallest absolute Gasteiger partial charge is 0.101 e. The minimum atomic E-state index is 0.539. The van der Waals surface area contributed by atoms with Gasteiger partial charge >= 0.3 is 0 Å². The molecule has 21 heavy (non-hydrogen) atoms. The molecule has 0 spiro atoms. The summed E-state index contributed by atoms with van der Waals surface area (Å²) in [6.45, 7) is 5.40. The third kappa shape index (κ3) is 3.06. The summed E-state index contributed by atoms with van der Waals surface area (Å²) in [7, 11) is 0. The van der Waals surface area contributed by atoms with Crippen molar-refractivity contribution in [3.63, 3.8) is 0 Å². The molecule has 0 radical (unpaired) electrons. The fraction of sp³-hybridized carbons (Fsp3) is 0.611. The summed E-state index contributed by atoms with van der Waals surface area (Å²) < 4.78 is 0. The Morgan fingerprint density at radius 2 is 2.10 bits per heavy atom. The minimum Gasteiger partial charge on any atom is -0.365 e. The molecule has 112 valence electrons. The molecule has 1 N–H and O–H groups in total. The first-order valence-electron chi connectivity index (χ1n) is 8.27. The van der Waals surface area contributed by atoms with Gasteiger partial charge in [-0.25, -0.2) is 0 Å². The van der Waals surface area contributed by atoms with Crippen LogP contribution in [0.5, 0.6) is 0 Å². The van der Waals surface area contributed by atoms with Gasteiger partial charge in [-0.2, -0.15) is 5.26 Å². The number of nitrogens with one attached hydrogen (secondary N) is 1. The van der Waals surface area contributed by atoms with E-state index in [4.69, 9.17) is 0 Å². The summed E-state index contributed by atoms with van der Waals surface area (Å²) in [6.07, 6.45) is 6.22. The van der Waals surface area contributed by atoms with E-state index in [0.29, 0.717) is 18.1 Å². The average Bonchev–Trinajstić information content (AvgIpc) is 3.27. The maximum absolute atomic E-state index is 9.54. The van der Waals surface area contributed by atoms with E-state index >= 15 is 0 Å². The van der Waals surface area contributed by atoms with Gasteiger partial charge in [0.25, 0.3) is 0 Å². The molecule has 1 heterocycles. The third-order valence-corrected chi connectivity index (χ3v) is 4.89. The van der Waals surface area contributed by atoms with E-state index in [9.17, 15) is 5.26 Å². The first-order valence-corrected chi connectivity index (χ1v) is 8.27. The van der Waals surface area contributed by atoms with Crippen molar-refractivity contribution < 1.29 is 0 Å². The van der Waals surface area contributed by atoms with Gasteiger partial charge in [0.2, 0.25) is 0 Å². The zero-order chi connectivity index (χ0) is 14.8. The van der Waals surface area contributed by atoms with Gasteiger partial charge in [-0.3, -0.25) is 0 Å². The second kappa shape index (κ2) is 6.07. The predicted octanol–water partition coefficient (Wildman–Crippen LogP) is 3.58. The standard InChI is InChI=1S/C18H25N3/c1-3-17-8-4-13(2)21(17)18-9-5-14(10-15(18)11-19)12-20-16-6-7-16/h5,9-10,13,16-17,20H,3-4,6-8,12H2,1-2H3. The molecule has 1 aliphatic heterocycles. The second-order valence-electron chi connectivity index (χ2n) is 6.51. The van der Waals surface area contributed by atoms with E-state index in [0.717, 1.165) is 24.2 Å². The molecular weight excluding hydrogens is 258 g/mol. The van der Waals surface area contributed by atoms with Gasteiger partial charge in [-0.15, -0.1) is 0 Å². The zero-order valence-corrected chi connectivity index (χ0v) is 13.1. The van der Waals surface area contributed by atoms with Crippen molar-refractivity contribution in [2.75, 3.05) is 4.90 Å². The Morgan fingerprint density at radius 3 is 2.76 bits per heavy atom. The molecule has 3 rings (SSSR count). The Kier molecular flexibility index (Phi) is 4.17. The molecule has 1 aliphatic carbocycles. The fourth-order valence-corrected chi connectivity index (χ4v) is 3.46. The van der Waals surface area contributed by atoms with Crippen molar-refractivity contribution in [2.24, 2.45) is 0 Å². The summed E-state index contributed by atoms with van der Waals surface area (Å²) in [6, 6.07) is 10.7. The normalized spacial score (nSPS) is 25.1. The van der Waals surface area contributed by atoms with Crippen LogP contribution in [0.4, 0.5) is 5.69 Å². The van der Waals surface area contributed by atoms with Crippen molar-refractivity contribution in [2.45, 2.75) is 70.6 Å². The molecule has 1 saturated carbocycles. The van der Waals surface area contributed by atoms with Gasteiger partial charge in [0, 0.05) is 24.7 Å². The predicted molar refractivity (Wildman–Crippen MR) is 86.3 cm³/mol. The van der Waals surface area contributed by atoms with Gasteiger partial charge in [-0.05, 0) is 56.7 Å². The molecule has 2 aliphatic rings. The van der Waals surface area contributed by atoms with Crippen LogP contribution in [0.25, 0.3) is 0 Å². The number of rotatable bonds is 5. The second-order valence-corrected chi connectivity index (χ2v) is 6.51. The van der Waals surface area contributed by atoms with Crippen LogP contribution in [0.2, 0.25) is 0 Å². The van der Waals surface area contributed by atoms with E-state index in [-0.39, 0.29) is 0 Å². The Hall–Kier alpha value is -1.53. The first kappa shape index (κ1) is 14.4. The van der Waals surface area contributed by atoms with Crippen molar-refractivity contribution in [3.05, 3.63) is 29.3 Å². The molecule has 3 nitrogen and oxygen atoms in total. The highest BCUT2D eigenvalue weighted by Gasteiger charge is 2.30. The summed E-state index contributed by atoms with van der Waals surface area (Å²) in [5.41, 5.74) is 3.18. The highest BCUT2D eigenvalue weighted by atomic mass is 15.2. The summed E-state index contributed by atoms with van der Waals surface area (Å²) in [4.78, 5) is 2.47. The SMILES string of the molecule is CCC1CCC(C)N1c1ccc(CNC2CC2)cc1C#N. The lowest BCUT2D eigenvalue weighted by molar-refractivity contribution is 0.627. The Balaban J connectivity index is 1.82. The van der Waals surface area contributed by atoms with Crippen LogP contribution in [0.1, 0.15) is 57.1 Å². The number of benzene rings is 1. The zero-order valence-electron chi connectivity index (χ0n) is 13.1. The summed E-state index contributed by atoms with van der Waals surface area (Å²) in [5.74, 6) is 0. The molecule has 2 fully saturated rings. The van der Waals surface area contributed by atoms with Crippen LogP contribution in [0.3, 0.4) is 0 Å². The van der Waals surface area contributed by atoms with Crippen LogP contribution in [0.15, 0.2) is 18.2 Å². The molecule has 0 bridgehead atoms. The molecule has 2 unspecified atom stereocenters. The van der Waals surface area contributed by atoms with Crippen LogP contribution >= 0.6 is 0 Å². The Morgan fingerprint density at radius 1 is 1.29 bits per heavy atom. The van der Waals surface area contributed by atoms with Crippen LogP contribution < -0.4 is 10.2 Å². The molecule has 2 atom stereocenters. The Labute approximate surface area is 128 Å². The number of nitriles is 1. The van der Waals surface area contributed by atoms with Crippen molar-refractivity contribution >= 4 is 5.69 Å². The van der Waals surface area contributed by atoms with Crippen LogP contribution in [-0.2, 0) is 6.54 Å². The van der Waals surface area contributed by atoms with E-state index < -0.39 is 0 Å². The molecule has 1 aromatic rings. The molecule has 1 saturated heterocycles. The fourth-order valence-electron chi connectivity index (χ4n) is 3.46. The molecule has 0 aromatic heterocycles. The van der Waals surface area contributed by atoms with Gasteiger partial charge in [0.05, 0.1) is 11.3 Å². The highest BCUT2D eigenvalue weighted by molar-refractivity contribution is 5.62. The number of hydrogen-bond acceptors (Lipinski definition) is 3. The van der Waals surface area contributed by atoms with Gasteiger partial charge < -0.3 is 10.2 Å². The van der Waals surface area contributed by atoms with Gasteiger partial charge in [-0.1, -0.05) is 13.0 Å². The van der Waals surface area contributed by atoms with Crippen molar-refractivity contribution in [1.29, 1.82) is 5.26 Å². The molecular formula is C18H25N3.